The number of amides is 1. The largest absolute Gasteiger partial charge is 0.335 e. The molecule has 2 aromatic heterocycles. The summed E-state index contributed by atoms with van der Waals surface area (Å²) < 4.78 is 2.20. The number of fused-ring (bicyclic) bond motifs is 3. The Morgan fingerprint density at radius 1 is 1.38 bits per heavy atom. The van der Waals surface area contributed by atoms with Crippen LogP contribution >= 0.6 is 11.6 Å². The fourth-order valence-electron chi connectivity index (χ4n) is 3.36. The second-order valence-corrected chi connectivity index (χ2v) is 6.24. The fraction of sp³-hybridized carbons (Fsp3) is 0.467. The van der Waals surface area contributed by atoms with E-state index in [2.05, 4.69) is 20.9 Å². The average molecular weight is 305 g/mol. The second-order valence-electron chi connectivity index (χ2n) is 5.80. The predicted octanol–water partition coefficient (Wildman–Crippen LogP) is 1.64. The highest BCUT2D eigenvalue weighted by molar-refractivity contribution is 6.31. The van der Waals surface area contributed by atoms with Crippen molar-refractivity contribution in [3.63, 3.8) is 0 Å². The molecule has 0 saturated carbocycles. The quantitative estimate of drug-likeness (QED) is 0.871. The first-order valence-electron chi connectivity index (χ1n) is 7.35. The van der Waals surface area contributed by atoms with E-state index in [1.165, 1.54) is 0 Å². The number of hydrogen-bond donors (Lipinski definition) is 1. The molecule has 6 heteroatoms. The van der Waals surface area contributed by atoms with Crippen molar-refractivity contribution in [1.29, 1.82) is 0 Å². The van der Waals surface area contributed by atoms with Gasteiger partial charge >= 0.3 is 0 Å². The Balaban J connectivity index is 1.62. The van der Waals surface area contributed by atoms with Crippen LogP contribution in [0, 0.1) is 5.92 Å². The normalized spacial score (nSPS) is 21.8. The highest BCUT2D eigenvalue weighted by Gasteiger charge is 2.30. The third-order valence-electron chi connectivity index (χ3n) is 4.45. The lowest BCUT2D eigenvalue weighted by atomic mass is 10.1. The van der Waals surface area contributed by atoms with Crippen LogP contribution in [0.3, 0.4) is 0 Å². The van der Waals surface area contributed by atoms with Crippen molar-refractivity contribution in [3.8, 4) is 0 Å². The summed E-state index contributed by atoms with van der Waals surface area (Å²) in [4.78, 5) is 18.9. The number of nitrogens with zero attached hydrogens (tertiary/aromatic N) is 3. The number of rotatable bonds is 1. The van der Waals surface area contributed by atoms with Crippen LogP contribution in [0.5, 0.6) is 0 Å². The van der Waals surface area contributed by atoms with Gasteiger partial charge in [0.15, 0.2) is 0 Å². The summed E-state index contributed by atoms with van der Waals surface area (Å²) in [7, 11) is 0. The first-order valence-corrected chi connectivity index (χ1v) is 7.73. The molecule has 1 N–H and O–H groups in total. The minimum absolute atomic E-state index is 0.147. The monoisotopic (exact) mass is 304 g/mol. The molecular weight excluding hydrogens is 288 g/mol. The van der Waals surface area contributed by atoms with Crippen LogP contribution in [0.4, 0.5) is 0 Å². The molecule has 1 amide bonds. The minimum Gasteiger partial charge on any atom is -0.335 e. The highest BCUT2D eigenvalue weighted by atomic mass is 35.5. The van der Waals surface area contributed by atoms with Gasteiger partial charge in [-0.2, -0.15) is 0 Å². The Kier molecular flexibility index (Phi) is 3.12. The van der Waals surface area contributed by atoms with Gasteiger partial charge in [0.1, 0.15) is 5.65 Å². The van der Waals surface area contributed by atoms with Crippen LogP contribution < -0.4 is 5.32 Å². The zero-order chi connectivity index (χ0) is 14.4. The first kappa shape index (κ1) is 13.1. The van der Waals surface area contributed by atoms with Gasteiger partial charge in [-0.05, 0) is 25.1 Å². The minimum atomic E-state index is 0.147. The van der Waals surface area contributed by atoms with Crippen LogP contribution in [0.2, 0.25) is 5.02 Å². The summed E-state index contributed by atoms with van der Waals surface area (Å²) in [5.41, 5.74) is 2.11. The van der Waals surface area contributed by atoms with E-state index in [9.17, 15) is 4.79 Å². The number of pyridine rings is 1. The molecule has 1 unspecified atom stereocenters. The summed E-state index contributed by atoms with van der Waals surface area (Å²) >= 11 is 6.00. The Labute approximate surface area is 127 Å². The van der Waals surface area contributed by atoms with Crippen LogP contribution in [0.25, 0.3) is 11.0 Å². The maximum absolute atomic E-state index is 12.5. The molecule has 1 fully saturated rings. The van der Waals surface area contributed by atoms with E-state index in [4.69, 9.17) is 11.6 Å². The van der Waals surface area contributed by atoms with Crippen LogP contribution in [-0.2, 0) is 17.9 Å². The zero-order valence-electron chi connectivity index (χ0n) is 11.7. The van der Waals surface area contributed by atoms with E-state index >= 15 is 0 Å². The van der Waals surface area contributed by atoms with Gasteiger partial charge in [0.25, 0.3) is 0 Å². The number of carbonyl (C=O) groups excluding carboxylic acids is 1. The lowest BCUT2D eigenvalue weighted by molar-refractivity contribution is -0.136. The van der Waals surface area contributed by atoms with E-state index in [1.807, 2.05) is 11.0 Å². The number of carbonyl (C=O) groups is 1. The van der Waals surface area contributed by atoms with Crippen LogP contribution in [0.1, 0.15) is 12.1 Å². The lowest BCUT2D eigenvalue weighted by Gasteiger charge is -2.30. The van der Waals surface area contributed by atoms with Crippen molar-refractivity contribution in [2.75, 3.05) is 19.6 Å². The Morgan fingerprint density at radius 2 is 2.29 bits per heavy atom. The van der Waals surface area contributed by atoms with Gasteiger partial charge in [-0.3, -0.25) is 4.79 Å². The van der Waals surface area contributed by atoms with Gasteiger partial charge in [0.2, 0.25) is 5.91 Å². The smallest absolute Gasteiger partial charge is 0.227 e. The van der Waals surface area contributed by atoms with E-state index in [1.54, 1.807) is 6.20 Å². The molecule has 0 radical (unpaired) electrons. The molecule has 110 valence electrons. The molecule has 4 heterocycles. The van der Waals surface area contributed by atoms with Crippen molar-refractivity contribution in [2.45, 2.75) is 19.5 Å². The topological polar surface area (TPSA) is 50.2 Å². The Hall–Kier alpha value is -1.59. The second kappa shape index (κ2) is 5.00. The number of halogens is 1. The van der Waals surface area contributed by atoms with Gasteiger partial charge in [-0.15, -0.1) is 0 Å². The summed E-state index contributed by atoms with van der Waals surface area (Å²) in [5, 5.41) is 4.96. The SMILES string of the molecule is O=C(C1CCNC1)N1CCn2c(cc3cc(Cl)cnc32)C1. The molecule has 2 aliphatic heterocycles. The van der Waals surface area contributed by atoms with Gasteiger partial charge in [-0.25, -0.2) is 4.98 Å². The third kappa shape index (κ3) is 2.21. The molecule has 2 aromatic rings. The van der Waals surface area contributed by atoms with Crippen LogP contribution in [0.15, 0.2) is 18.3 Å². The summed E-state index contributed by atoms with van der Waals surface area (Å²) in [5.74, 6) is 0.427. The molecule has 0 aliphatic carbocycles. The van der Waals surface area contributed by atoms with Crippen LogP contribution in [-0.4, -0.2) is 40.0 Å². The van der Waals surface area contributed by atoms with E-state index < -0.39 is 0 Å². The van der Waals surface area contributed by atoms with Crippen molar-refractivity contribution in [1.82, 2.24) is 19.8 Å². The molecule has 2 aliphatic rings. The fourth-order valence-corrected chi connectivity index (χ4v) is 3.53. The number of hydrogen-bond acceptors (Lipinski definition) is 3. The molecule has 5 nitrogen and oxygen atoms in total. The molecule has 1 saturated heterocycles. The third-order valence-corrected chi connectivity index (χ3v) is 4.66. The molecule has 21 heavy (non-hydrogen) atoms. The molecule has 0 aromatic carbocycles. The summed E-state index contributed by atoms with van der Waals surface area (Å²) in [6, 6.07) is 4.03. The standard InChI is InChI=1S/C15H17ClN4O/c16-12-5-11-6-13-9-19(15(21)10-1-2-17-7-10)3-4-20(13)14(11)18-8-12/h5-6,8,10,17H,1-4,7,9H2. The van der Waals surface area contributed by atoms with Gasteiger partial charge < -0.3 is 14.8 Å². The lowest BCUT2D eigenvalue weighted by Crippen LogP contribution is -2.41. The summed E-state index contributed by atoms with van der Waals surface area (Å²) in [6.07, 6.45) is 2.63. The highest BCUT2D eigenvalue weighted by Crippen LogP contribution is 2.26. The zero-order valence-corrected chi connectivity index (χ0v) is 12.4. The van der Waals surface area contributed by atoms with Crippen molar-refractivity contribution in [3.05, 3.63) is 29.0 Å². The van der Waals surface area contributed by atoms with Crippen molar-refractivity contribution < 1.29 is 4.79 Å². The molecule has 1 atom stereocenters. The average Bonchev–Trinajstić information content (AvgIpc) is 3.12. The predicted molar refractivity (Wildman–Crippen MR) is 81.1 cm³/mol. The van der Waals surface area contributed by atoms with Crippen molar-refractivity contribution in [2.24, 2.45) is 5.92 Å². The molecule has 0 spiro atoms. The first-order chi connectivity index (χ1) is 10.2. The number of aromatic nitrogens is 2. The van der Waals surface area contributed by atoms with Gasteiger partial charge in [0, 0.05) is 36.9 Å². The molecule has 0 bridgehead atoms. The van der Waals surface area contributed by atoms with Crippen molar-refractivity contribution >= 4 is 28.5 Å². The van der Waals surface area contributed by atoms with E-state index in [0.717, 1.165) is 49.3 Å². The van der Waals surface area contributed by atoms with E-state index in [-0.39, 0.29) is 11.8 Å². The molecule has 4 rings (SSSR count). The Bertz CT molecular complexity index is 705. The number of nitrogens with one attached hydrogen (secondary N) is 1. The summed E-state index contributed by atoms with van der Waals surface area (Å²) in [6.45, 7) is 4.00. The Morgan fingerprint density at radius 3 is 3.10 bits per heavy atom. The van der Waals surface area contributed by atoms with Gasteiger partial charge in [-0.1, -0.05) is 11.6 Å². The maximum atomic E-state index is 12.5. The molecular formula is C15H17ClN4O. The van der Waals surface area contributed by atoms with E-state index in [0.29, 0.717) is 11.6 Å². The maximum Gasteiger partial charge on any atom is 0.227 e. The van der Waals surface area contributed by atoms with Gasteiger partial charge in [0.05, 0.1) is 17.5 Å².